The summed E-state index contributed by atoms with van der Waals surface area (Å²) in [6.45, 7) is 0. The van der Waals surface area contributed by atoms with Crippen molar-refractivity contribution in [2.24, 2.45) is 0 Å². The van der Waals surface area contributed by atoms with Crippen molar-refractivity contribution in [1.82, 2.24) is 10.3 Å². The minimum absolute atomic E-state index is 0.141. The lowest BCUT2D eigenvalue weighted by Crippen LogP contribution is -2.25. The van der Waals surface area contributed by atoms with E-state index in [1.807, 2.05) is 6.07 Å². The quantitative estimate of drug-likeness (QED) is 0.799. The molecule has 0 aromatic carbocycles. The monoisotopic (exact) mass is 227 g/mol. The van der Waals surface area contributed by atoms with E-state index in [0.29, 0.717) is 10.8 Å². The molecule has 1 unspecified atom stereocenters. The number of halogens is 1. The van der Waals surface area contributed by atoms with Crippen molar-refractivity contribution < 1.29 is 0 Å². The maximum absolute atomic E-state index is 8.68. The fourth-order valence-electron chi connectivity index (χ4n) is 0.801. The molecule has 0 aliphatic carbocycles. The van der Waals surface area contributed by atoms with Crippen molar-refractivity contribution in [3.8, 4) is 6.07 Å². The molecule has 0 amide bonds. The molecule has 1 heterocycles. The van der Waals surface area contributed by atoms with Crippen LogP contribution in [0.15, 0.2) is 23.4 Å². The van der Waals surface area contributed by atoms with Crippen molar-refractivity contribution in [2.75, 3.05) is 12.8 Å². The number of nitrogens with zero attached hydrogens (tertiary/aromatic N) is 2. The Morgan fingerprint density at radius 2 is 2.50 bits per heavy atom. The third kappa shape index (κ3) is 3.54. The topological polar surface area (TPSA) is 48.7 Å². The van der Waals surface area contributed by atoms with Crippen molar-refractivity contribution in [3.05, 3.63) is 23.4 Å². The summed E-state index contributed by atoms with van der Waals surface area (Å²) in [5.41, 5.74) is 0. The number of rotatable bonds is 4. The Hall–Kier alpha value is -0.760. The van der Waals surface area contributed by atoms with Crippen LogP contribution >= 0.6 is 23.4 Å². The van der Waals surface area contributed by atoms with Crippen molar-refractivity contribution in [3.63, 3.8) is 0 Å². The van der Waals surface area contributed by atoms with E-state index in [9.17, 15) is 0 Å². The molecule has 14 heavy (non-hydrogen) atoms. The number of pyridine rings is 1. The molecule has 1 N–H and O–H groups in total. The summed E-state index contributed by atoms with van der Waals surface area (Å²) in [6, 6.07) is 5.64. The van der Waals surface area contributed by atoms with E-state index in [0.717, 1.165) is 5.03 Å². The molecule has 74 valence electrons. The van der Waals surface area contributed by atoms with Gasteiger partial charge in [0.15, 0.2) is 0 Å². The molecule has 5 heteroatoms. The number of hydrogen-bond acceptors (Lipinski definition) is 4. The minimum atomic E-state index is -0.141. The number of nitrogens with one attached hydrogen (secondary N) is 1. The first-order chi connectivity index (χ1) is 6.76. The zero-order valence-electron chi connectivity index (χ0n) is 7.70. The largest absolute Gasteiger partial charge is 0.304 e. The molecular formula is C9H10ClN3S. The van der Waals surface area contributed by atoms with Gasteiger partial charge >= 0.3 is 0 Å². The van der Waals surface area contributed by atoms with Crippen LogP contribution in [0.1, 0.15) is 0 Å². The fourth-order valence-corrected chi connectivity index (χ4v) is 1.78. The molecule has 0 bridgehead atoms. The predicted molar refractivity (Wildman–Crippen MR) is 58.4 cm³/mol. The van der Waals surface area contributed by atoms with E-state index < -0.39 is 0 Å². The number of hydrogen-bond donors (Lipinski definition) is 1. The Kier molecular flexibility index (Phi) is 4.74. The third-order valence-corrected chi connectivity index (χ3v) is 2.86. The second kappa shape index (κ2) is 5.86. The molecule has 1 aromatic heterocycles. The van der Waals surface area contributed by atoms with Gasteiger partial charge in [0.1, 0.15) is 6.04 Å². The summed E-state index contributed by atoms with van der Waals surface area (Å²) in [5.74, 6) is 0.682. The van der Waals surface area contributed by atoms with Gasteiger partial charge in [-0.05, 0) is 19.2 Å². The summed E-state index contributed by atoms with van der Waals surface area (Å²) in [5, 5.41) is 13.1. The first-order valence-corrected chi connectivity index (χ1v) is 5.44. The van der Waals surface area contributed by atoms with Crippen LogP contribution in [0.5, 0.6) is 0 Å². The van der Waals surface area contributed by atoms with Crippen molar-refractivity contribution in [1.29, 1.82) is 5.26 Å². The summed E-state index contributed by atoms with van der Waals surface area (Å²) in [6.07, 6.45) is 1.60. The van der Waals surface area contributed by atoms with E-state index in [-0.39, 0.29) is 6.04 Å². The second-order valence-corrected chi connectivity index (χ2v) is 4.07. The summed E-state index contributed by atoms with van der Waals surface area (Å²) < 4.78 is 0. The van der Waals surface area contributed by atoms with Crippen LogP contribution in [0, 0.1) is 11.3 Å². The molecule has 1 aromatic rings. The highest BCUT2D eigenvalue weighted by Gasteiger charge is 2.04. The third-order valence-electron chi connectivity index (χ3n) is 1.60. The van der Waals surface area contributed by atoms with E-state index in [2.05, 4.69) is 16.4 Å². The van der Waals surface area contributed by atoms with Crippen molar-refractivity contribution in [2.45, 2.75) is 11.1 Å². The Bertz CT molecular complexity index is 320. The Morgan fingerprint density at radius 3 is 3.00 bits per heavy atom. The highest BCUT2D eigenvalue weighted by atomic mass is 35.5. The number of thioether (sulfide) groups is 1. The smallest absolute Gasteiger partial charge is 0.105 e. The second-order valence-electron chi connectivity index (χ2n) is 2.60. The SMILES string of the molecule is CNC(C#N)CSc1ccc(Cl)cn1. The molecule has 0 radical (unpaired) electrons. The van der Waals surface area contributed by atoms with Gasteiger partial charge in [0.05, 0.1) is 16.1 Å². The molecule has 3 nitrogen and oxygen atoms in total. The van der Waals surface area contributed by atoms with Gasteiger partial charge in [0.2, 0.25) is 0 Å². The lowest BCUT2D eigenvalue weighted by molar-refractivity contribution is 0.749. The average molecular weight is 228 g/mol. The molecule has 0 saturated heterocycles. The first-order valence-electron chi connectivity index (χ1n) is 4.07. The van der Waals surface area contributed by atoms with Crippen LogP contribution in [0.3, 0.4) is 0 Å². The fraction of sp³-hybridized carbons (Fsp3) is 0.333. The Morgan fingerprint density at radius 1 is 1.71 bits per heavy atom. The van der Waals surface area contributed by atoms with E-state index in [4.69, 9.17) is 16.9 Å². The minimum Gasteiger partial charge on any atom is -0.304 e. The van der Waals surface area contributed by atoms with Gasteiger partial charge in [0, 0.05) is 11.9 Å². The van der Waals surface area contributed by atoms with Crippen molar-refractivity contribution >= 4 is 23.4 Å². The molecule has 0 fully saturated rings. The zero-order valence-corrected chi connectivity index (χ0v) is 9.27. The lowest BCUT2D eigenvalue weighted by atomic mass is 10.4. The summed E-state index contributed by atoms with van der Waals surface area (Å²) in [4.78, 5) is 4.11. The molecule has 0 spiro atoms. The van der Waals surface area contributed by atoms with E-state index in [1.165, 1.54) is 11.8 Å². The first kappa shape index (κ1) is 11.3. The molecule has 1 atom stereocenters. The van der Waals surface area contributed by atoms with Gasteiger partial charge in [-0.3, -0.25) is 0 Å². The highest BCUT2D eigenvalue weighted by molar-refractivity contribution is 7.99. The van der Waals surface area contributed by atoms with Gasteiger partial charge in [-0.2, -0.15) is 5.26 Å². The van der Waals surface area contributed by atoms with Gasteiger partial charge in [-0.1, -0.05) is 11.6 Å². The number of nitriles is 1. The Labute approximate surface area is 92.5 Å². The Balaban J connectivity index is 2.46. The van der Waals surface area contributed by atoms with Gasteiger partial charge in [-0.25, -0.2) is 4.98 Å². The number of aromatic nitrogens is 1. The van der Waals surface area contributed by atoms with Crippen LogP contribution in [0.25, 0.3) is 0 Å². The van der Waals surface area contributed by atoms with Crippen LogP contribution < -0.4 is 5.32 Å². The normalized spacial score (nSPS) is 12.1. The summed E-state index contributed by atoms with van der Waals surface area (Å²) in [7, 11) is 1.77. The maximum Gasteiger partial charge on any atom is 0.105 e. The standard InChI is InChI=1S/C9H10ClN3S/c1-12-8(4-11)6-14-9-3-2-7(10)5-13-9/h2-3,5,8,12H,6H2,1H3. The molecule has 1 rings (SSSR count). The zero-order chi connectivity index (χ0) is 10.4. The average Bonchev–Trinajstić information content (AvgIpc) is 2.22. The maximum atomic E-state index is 8.68. The van der Waals surface area contributed by atoms with Crippen LogP contribution in [0.2, 0.25) is 5.02 Å². The summed E-state index contributed by atoms with van der Waals surface area (Å²) >= 11 is 7.22. The molecule has 0 aliphatic heterocycles. The van der Waals surface area contributed by atoms with Crippen LogP contribution in [-0.4, -0.2) is 23.8 Å². The highest BCUT2D eigenvalue weighted by Crippen LogP contribution is 2.17. The van der Waals surface area contributed by atoms with Crippen LogP contribution in [-0.2, 0) is 0 Å². The predicted octanol–water partition coefficient (Wildman–Crippen LogP) is 1.94. The molecular weight excluding hydrogens is 218 g/mol. The molecule has 0 saturated carbocycles. The molecule has 0 aliphatic rings. The van der Waals surface area contributed by atoms with Gasteiger partial charge < -0.3 is 5.32 Å². The van der Waals surface area contributed by atoms with Gasteiger partial charge in [-0.15, -0.1) is 11.8 Å². The van der Waals surface area contributed by atoms with Gasteiger partial charge in [0.25, 0.3) is 0 Å². The van der Waals surface area contributed by atoms with Crippen LogP contribution in [0.4, 0.5) is 0 Å². The van der Waals surface area contributed by atoms with E-state index >= 15 is 0 Å². The van der Waals surface area contributed by atoms with E-state index in [1.54, 1.807) is 19.3 Å². The lowest BCUT2D eigenvalue weighted by Gasteiger charge is -2.05.